The molecule has 0 atom stereocenters. The maximum Gasteiger partial charge on any atom is 0.223 e. The van der Waals surface area contributed by atoms with E-state index in [9.17, 15) is 0 Å². The average molecular weight is 357 g/mol. The van der Waals surface area contributed by atoms with E-state index < -0.39 is 0 Å². The summed E-state index contributed by atoms with van der Waals surface area (Å²) in [6.07, 6.45) is 9.17. The van der Waals surface area contributed by atoms with Crippen LogP contribution in [0.1, 0.15) is 26.2 Å². The number of allylic oxidation sites excluding steroid dienone is 1. The molecule has 0 spiro atoms. The summed E-state index contributed by atoms with van der Waals surface area (Å²) in [6.45, 7) is 4.46. The monoisotopic (exact) mass is 357 g/mol. The maximum atomic E-state index is 5.81. The minimum atomic E-state index is 0.514. The molecule has 0 radical (unpaired) electrons. The summed E-state index contributed by atoms with van der Waals surface area (Å²) in [4.78, 5) is 13.4. The summed E-state index contributed by atoms with van der Waals surface area (Å²) in [5.41, 5.74) is 1.75. The Morgan fingerprint density at radius 1 is 1.40 bits per heavy atom. The molecule has 3 heterocycles. The molecule has 2 aromatic heterocycles. The van der Waals surface area contributed by atoms with Gasteiger partial charge in [0.25, 0.3) is 0 Å². The van der Waals surface area contributed by atoms with E-state index in [0.29, 0.717) is 12.5 Å². The topological polar surface area (TPSA) is 71.4 Å². The highest BCUT2D eigenvalue weighted by molar-refractivity contribution is 7.14. The van der Waals surface area contributed by atoms with Gasteiger partial charge in [-0.25, -0.2) is 9.97 Å². The second-order valence-corrected chi connectivity index (χ2v) is 6.46. The van der Waals surface area contributed by atoms with Gasteiger partial charge in [0, 0.05) is 24.7 Å². The fourth-order valence-corrected chi connectivity index (χ4v) is 3.06. The Hall–Kier alpha value is -2.41. The first-order valence-electron chi connectivity index (χ1n) is 8.61. The van der Waals surface area contributed by atoms with Gasteiger partial charge < -0.3 is 15.4 Å². The minimum absolute atomic E-state index is 0.514. The number of ether oxygens (including phenoxy) is 1. The lowest BCUT2D eigenvalue weighted by Crippen LogP contribution is -2.35. The lowest BCUT2D eigenvalue weighted by atomic mass is 10.2. The lowest BCUT2D eigenvalue weighted by Gasteiger charge is -2.14. The summed E-state index contributed by atoms with van der Waals surface area (Å²) in [7, 11) is 0. The van der Waals surface area contributed by atoms with Crippen LogP contribution in [0.25, 0.3) is 11.3 Å². The van der Waals surface area contributed by atoms with Crippen LogP contribution in [0.4, 0.5) is 5.13 Å². The van der Waals surface area contributed by atoms with E-state index >= 15 is 0 Å². The third-order valence-corrected chi connectivity index (χ3v) is 4.37. The van der Waals surface area contributed by atoms with Crippen molar-refractivity contribution in [1.29, 1.82) is 0 Å². The maximum absolute atomic E-state index is 5.81. The first kappa shape index (κ1) is 17.4. The van der Waals surface area contributed by atoms with Crippen LogP contribution in [0.3, 0.4) is 0 Å². The minimum Gasteiger partial charge on any atom is -0.473 e. The van der Waals surface area contributed by atoms with Gasteiger partial charge in [-0.1, -0.05) is 25.5 Å². The zero-order valence-corrected chi connectivity index (χ0v) is 15.2. The Labute approximate surface area is 152 Å². The molecule has 0 amide bonds. The van der Waals surface area contributed by atoms with E-state index in [1.54, 1.807) is 17.5 Å². The molecule has 1 aliphatic heterocycles. The third kappa shape index (κ3) is 5.03. The van der Waals surface area contributed by atoms with Gasteiger partial charge in [0.15, 0.2) is 11.1 Å². The number of aromatic nitrogens is 2. The standard InChI is InChI=1S/C18H23N5OS/c1-2-3-4-5-12-24-16-14(8-6-9-19-16)15-13-25-18(22-15)23-17-20-10-7-11-21-17/h4-6,8-9,13H,2-3,7,10-12H2,1H3,(H2,20,21,22,23)/b5-4-. The number of pyridine rings is 1. The van der Waals surface area contributed by atoms with Crippen LogP contribution in [0, 0.1) is 0 Å². The molecular formula is C18H23N5OS. The number of rotatable bonds is 7. The van der Waals surface area contributed by atoms with Crippen LogP contribution < -0.4 is 15.4 Å². The molecular weight excluding hydrogens is 334 g/mol. The third-order valence-electron chi connectivity index (χ3n) is 3.61. The molecule has 7 heteroatoms. The van der Waals surface area contributed by atoms with Crippen molar-refractivity contribution >= 4 is 22.4 Å². The molecule has 25 heavy (non-hydrogen) atoms. The largest absolute Gasteiger partial charge is 0.473 e. The van der Waals surface area contributed by atoms with E-state index in [1.807, 2.05) is 23.6 Å². The van der Waals surface area contributed by atoms with Crippen molar-refractivity contribution in [3.63, 3.8) is 0 Å². The molecule has 0 aromatic carbocycles. The average Bonchev–Trinajstić information content (AvgIpc) is 3.11. The zero-order valence-electron chi connectivity index (χ0n) is 14.4. The van der Waals surface area contributed by atoms with E-state index in [4.69, 9.17) is 4.74 Å². The van der Waals surface area contributed by atoms with Crippen LogP contribution in [0.5, 0.6) is 5.88 Å². The molecule has 0 aliphatic carbocycles. The van der Waals surface area contributed by atoms with Gasteiger partial charge in [-0.2, -0.15) is 0 Å². The molecule has 3 rings (SSSR count). The predicted molar refractivity (Wildman–Crippen MR) is 103 cm³/mol. The quantitative estimate of drug-likeness (QED) is 0.739. The Kier molecular flexibility index (Phi) is 6.39. The molecule has 0 bridgehead atoms. The van der Waals surface area contributed by atoms with Crippen molar-refractivity contribution in [1.82, 2.24) is 15.3 Å². The number of nitrogens with one attached hydrogen (secondary N) is 2. The van der Waals surface area contributed by atoms with Crippen molar-refractivity contribution in [3.8, 4) is 17.1 Å². The van der Waals surface area contributed by atoms with E-state index in [1.165, 1.54) is 0 Å². The highest BCUT2D eigenvalue weighted by atomic mass is 32.1. The fourth-order valence-electron chi connectivity index (χ4n) is 2.35. The van der Waals surface area contributed by atoms with E-state index in [0.717, 1.165) is 54.7 Å². The Morgan fingerprint density at radius 2 is 2.36 bits per heavy atom. The first-order chi connectivity index (χ1) is 12.4. The van der Waals surface area contributed by atoms with Gasteiger partial charge in [0.05, 0.1) is 11.3 Å². The molecule has 0 unspecified atom stereocenters. The highest BCUT2D eigenvalue weighted by Crippen LogP contribution is 2.30. The molecule has 1 aliphatic rings. The zero-order chi connectivity index (χ0) is 17.3. The van der Waals surface area contributed by atoms with Crippen LogP contribution in [-0.4, -0.2) is 35.6 Å². The van der Waals surface area contributed by atoms with Crippen molar-refractivity contribution in [2.45, 2.75) is 26.2 Å². The van der Waals surface area contributed by atoms with Gasteiger partial charge in [-0.15, -0.1) is 11.3 Å². The second kappa shape index (κ2) is 9.17. The molecule has 0 saturated carbocycles. The Morgan fingerprint density at radius 3 is 3.20 bits per heavy atom. The SMILES string of the molecule is CCC/C=C\COc1ncccc1-c1csc(NC2=NCCCN2)n1. The molecule has 0 saturated heterocycles. The van der Waals surface area contributed by atoms with Gasteiger partial charge in [-0.05, 0) is 25.0 Å². The summed E-state index contributed by atoms with van der Waals surface area (Å²) in [6, 6.07) is 3.88. The molecule has 6 nitrogen and oxygen atoms in total. The smallest absolute Gasteiger partial charge is 0.223 e. The molecule has 2 N–H and O–H groups in total. The number of guanidine groups is 1. The number of anilines is 1. The molecule has 2 aromatic rings. The predicted octanol–water partition coefficient (Wildman–Crippen LogP) is 3.70. The summed E-state index contributed by atoms with van der Waals surface area (Å²) in [5.74, 6) is 1.39. The van der Waals surface area contributed by atoms with E-state index in [2.05, 4.69) is 38.6 Å². The van der Waals surface area contributed by atoms with Gasteiger partial charge in [0.2, 0.25) is 5.88 Å². The van der Waals surface area contributed by atoms with Gasteiger partial charge in [0.1, 0.15) is 6.61 Å². The number of hydrogen-bond donors (Lipinski definition) is 2. The second-order valence-electron chi connectivity index (χ2n) is 5.60. The van der Waals surface area contributed by atoms with Crippen LogP contribution in [0.2, 0.25) is 0 Å². The number of unbranched alkanes of at least 4 members (excludes halogenated alkanes) is 1. The molecule has 0 fully saturated rings. The van der Waals surface area contributed by atoms with Gasteiger partial charge >= 0.3 is 0 Å². The van der Waals surface area contributed by atoms with Crippen molar-refractivity contribution in [2.24, 2.45) is 4.99 Å². The van der Waals surface area contributed by atoms with Crippen molar-refractivity contribution in [3.05, 3.63) is 35.9 Å². The normalized spacial score (nSPS) is 14.2. The van der Waals surface area contributed by atoms with Crippen LogP contribution >= 0.6 is 11.3 Å². The fraction of sp³-hybridized carbons (Fsp3) is 0.389. The number of thiazole rings is 1. The number of hydrogen-bond acceptors (Lipinski definition) is 7. The summed E-state index contributed by atoms with van der Waals surface area (Å²) in [5, 5.41) is 9.27. The van der Waals surface area contributed by atoms with Gasteiger partial charge in [-0.3, -0.25) is 4.99 Å². The van der Waals surface area contributed by atoms with Crippen LogP contribution in [0.15, 0.2) is 40.9 Å². The first-order valence-corrected chi connectivity index (χ1v) is 9.49. The lowest BCUT2D eigenvalue weighted by molar-refractivity contribution is 0.349. The highest BCUT2D eigenvalue weighted by Gasteiger charge is 2.12. The number of nitrogens with zero attached hydrogens (tertiary/aromatic N) is 3. The van der Waals surface area contributed by atoms with E-state index in [-0.39, 0.29) is 0 Å². The van der Waals surface area contributed by atoms with Crippen LogP contribution in [-0.2, 0) is 0 Å². The van der Waals surface area contributed by atoms with Crippen molar-refractivity contribution in [2.75, 3.05) is 25.0 Å². The summed E-state index contributed by atoms with van der Waals surface area (Å²) >= 11 is 1.54. The number of aliphatic imine (C=N–C) groups is 1. The van der Waals surface area contributed by atoms with Crippen molar-refractivity contribution < 1.29 is 4.74 Å². The summed E-state index contributed by atoms with van der Waals surface area (Å²) < 4.78 is 5.81. The Bertz CT molecular complexity index is 741. The Balaban J connectivity index is 1.68. The molecule has 132 valence electrons.